The molecule has 90 valence electrons. The summed E-state index contributed by atoms with van der Waals surface area (Å²) in [6.45, 7) is 0. The summed E-state index contributed by atoms with van der Waals surface area (Å²) in [5, 5.41) is 9.50. The molecule has 0 bridgehead atoms. The van der Waals surface area contributed by atoms with Crippen molar-refractivity contribution in [2.45, 2.75) is 25.7 Å². The molecule has 0 aliphatic heterocycles. The highest BCUT2D eigenvalue weighted by atomic mass is 79.9. The standard InChI is InChI=1S/C13H14BrNO2/c14-11-1-8(6-15-7-11)3-13(12(16)17)4-9-2-10(9)5-13/h1,6-7,9-10H,2-5H2,(H,16,17). The first-order valence-electron chi connectivity index (χ1n) is 5.92. The molecule has 1 N–H and O–H groups in total. The Kier molecular flexibility index (Phi) is 2.51. The van der Waals surface area contributed by atoms with Gasteiger partial charge in [-0.3, -0.25) is 9.78 Å². The van der Waals surface area contributed by atoms with Gasteiger partial charge >= 0.3 is 5.97 Å². The smallest absolute Gasteiger partial charge is 0.309 e. The molecule has 3 nitrogen and oxygen atoms in total. The van der Waals surface area contributed by atoms with Crippen molar-refractivity contribution in [1.82, 2.24) is 4.98 Å². The molecule has 1 aromatic heterocycles. The van der Waals surface area contributed by atoms with Gasteiger partial charge < -0.3 is 5.11 Å². The minimum atomic E-state index is -0.635. The normalized spacial score (nSPS) is 34.4. The molecule has 0 aromatic carbocycles. The number of carbonyl (C=O) groups is 1. The van der Waals surface area contributed by atoms with Gasteiger partial charge in [-0.15, -0.1) is 0 Å². The number of rotatable bonds is 3. The number of carboxylic acids is 1. The van der Waals surface area contributed by atoms with Crippen molar-refractivity contribution in [3.8, 4) is 0 Å². The highest BCUT2D eigenvalue weighted by Crippen LogP contribution is 2.60. The lowest BCUT2D eigenvalue weighted by Gasteiger charge is -2.25. The van der Waals surface area contributed by atoms with Crippen molar-refractivity contribution in [3.05, 3.63) is 28.5 Å². The molecule has 0 saturated heterocycles. The van der Waals surface area contributed by atoms with Crippen LogP contribution in [0.3, 0.4) is 0 Å². The van der Waals surface area contributed by atoms with Gasteiger partial charge in [-0.2, -0.15) is 0 Å². The molecular formula is C13H14BrNO2. The Morgan fingerprint density at radius 1 is 1.47 bits per heavy atom. The average molecular weight is 296 g/mol. The van der Waals surface area contributed by atoms with Crippen molar-refractivity contribution in [2.75, 3.05) is 0 Å². The lowest BCUT2D eigenvalue weighted by Crippen LogP contribution is -2.32. The van der Waals surface area contributed by atoms with Crippen LogP contribution in [0.15, 0.2) is 22.9 Å². The van der Waals surface area contributed by atoms with E-state index in [1.807, 2.05) is 6.07 Å². The highest BCUT2D eigenvalue weighted by Gasteiger charge is 2.57. The third-order valence-electron chi connectivity index (χ3n) is 4.13. The summed E-state index contributed by atoms with van der Waals surface area (Å²) in [5.41, 5.74) is 0.485. The fourth-order valence-corrected chi connectivity index (χ4v) is 3.65. The van der Waals surface area contributed by atoms with Crippen molar-refractivity contribution in [2.24, 2.45) is 17.3 Å². The van der Waals surface area contributed by atoms with Gasteiger partial charge in [-0.25, -0.2) is 0 Å². The maximum atomic E-state index is 11.5. The van der Waals surface area contributed by atoms with Crippen LogP contribution in [0, 0.1) is 17.3 Å². The number of nitrogens with zero attached hydrogens (tertiary/aromatic N) is 1. The van der Waals surface area contributed by atoms with Crippen molar-refractivity contribution < 1.29 is 9.90 Å². The molecular weight excluding hydrogens is 282 g/mol. The second kappa shape index (κ2) is 3.80. The van der Waals surface area contributed by atoms with Gasteiger partial charge in [0.2, 0.25) is 0 Å². The molecule has 0 radical (unpaired) electrons. The summed E-state index contributed by atoms with van der Waals surface area (Å²) in [5.74, 6) is 0.710. The van der Waals surface area contributed by atoms with Gasteiger partial charge in [-0.1, -0.05) is 0 Å². The van der Waals surface area contributed by atoms with Crippen molar-refractivity contribution >= 4 is 21.9 Å². The Labute approximate surface area is 108 Å². The molecule has 2 atom stereocenters. The summed E-state index contributed by atoms with van der Waals surface area (Å²) >= 11 is 3.38. The van der Waals surface area contributed by atoms with Gasteiger partial charge in [0.15, 0.2) is 0 Å². The molecule has 2 fully saturated rings. The van der Waals surface area contributed by atoms with E-state index in [0.29, 0.717) is 18.3 Å². The van der Waals surface area contributed by atoms with E-state index in [1.54, 1.807) is 12.4 Å². The van der Waals surface area contributed by atoms with E-state index in [0.717, 1.165) is 22.9 Å². The number of aliphatic carboxylic acids is 1. The molecule has 0 spiro atoms. The van der Waals surface area contributed by atoms with Crippen LogP contribution in [0.2, 0.25) is 0 Å². The maximum absolute atomic E-state index is 11.5. The van der Waals surface area contributed by atoms with Gasteiger partial charge in [0.25, 0.3) is 0 Å². The first-order chi connectivity index (χ1) is 8.09. The Balaban J connectivity index is 1.84. The Hall–Kier alpha value is -0.900. The van der Waals surface area contributed by atoms with Crippen LogP contribution >= 0.6 is 15.9 Å². The summed E-state index contributed by atoms with van der Waals surface area (Å²) in [6.07, 6.45) is 7.05. The third kappa shape index (κ3) is 1.99. The van der Waals surface area contributed by atoms with E-state index < -0.39 is 11.4 Å². The highest BCUT2D eigenvalue weighted by molar-refractivity contribution is 9.10. The van der Waals surface area contributed by atoms with E-state index in [9.17, 15) is 9.90 Å². The Morgan fingerprint density at radius 2 is 2.18 bits per heavy atom. The maximum Gasteiger partial charge on any atom is 0.309 e. The predicted molar refractivity (Wildman–Crippen MR) is 66.5 cm³/mol. The summed E-state index contributed by atoms with van der Waals surface area (Å²) in [7, 11) is 0. The Bertz CT molecular complexity index is 464. The summed E-state index contributed by atoms with van der Waals surface area (Å²) in [6, 6.07) is 1.97. The third-order valence-corrected chi connectivity index (χ3v) is 4.57. The van der Waals surface area contributed by atoms with E-state index in [-0.39, 0.29) is 0 Å². The van der Waals surface area contributed by atoms with Gasteiger partial charge in [-0.05, 0) is 65.1 Å². The van der Waals surface area contributed by atoms with Crippen LogP contribution in [0.5, 0.6) is 0 Å². The topological polar surface area (TPSA) is 50.2 Å². The second-order valence-corrected chi connectivity index (χ2v) is 6.35. The van der Waals surface area contributed by atoms with Crippen LogP contribution in [0.4, 0.5) is 0 Å². The number of pyridine rings is 1. The summed E-state index contributed by atoms with van der Waals surface area (Å²) < 4.78 is 0.915. The van der Waals surface area contributed by atoms with Gasteiger partial charge in [0.05, 0.1) is 5.41 Å². The number of aromatic nitrogens is 1. The minimum absolute atomic E-state index is 0.532. The predicted octanol–water partition coefficient (Wildman–Crippen LogP) is 2.89. The number of fused-ring (bicyclic) bond motifs is 1. The molecule has 0 amide bonds. The lowest BCUT2D eigenvalue weighted by atomic mass is 9.78. The molecule has 3 rings (SSSR count). The van der Waals surface area contributed by atoms with E-state index >= 15 is 0 Å². The van der Waals surface area contributed by atoms with Gasteiger partial charge in [0.1, 0.15) is 0 Å². The largest absolute Gasteiger partial charge is 0.481 e. The number of hydrogen-bond donors (Lipinski definition) is 1. The fraction of sp³-hybridized carbons (Fsp3) is 0.538. The van der Waals surface area contributed by atoms with Gasteiger partial charge in [0, 0.05) is 16.9 Å². The second-order valence-electron chi connectivity index (χ2n) is 5.44. The zero-order valence-corrected chi connectivity index (χ0v) is 11.0. The molecule has 1 aromatic rings. The molecule has 2 aliphatic carbocycles. The van der Waals surface area contributed by atoms with Crippen LogP contribution in [0.25, 0.3) is 0 Å². The summed E-state index contributed by atoms with van der Waals surface area (Å²) in [4.78, 5) is 15.7. The first kappa shape index (κ1) is 11.2. The number of carboxylic acid groups (broad SMARTS) is 1. The van der Waals surface area contributed by atoms with Crippen molar-refractivity contribution in [3.63, 3.8) is 0 Å². The fourth-order valence-electron chi connectivity index (χ4n) is 3.24. The molecule has 2 aliphatic rings. The first-order valence-corrected chi connectivity index (χ1v) is 6.71. The van der Waals surface area contributed by atoms with Crippen LogP contribution in [-0.2, 0) is 11.2 Å². The van der Waals surface area contributed by atoms with E-state index in [2.05, 4.69) is 20.9 Å². The zero-order valence-electron chi connectivity index (χ0n) is 9.40. The number of halogens is 1. The molecule has 2 saturated carbocycles. The van der Waals surface area contributed by atoms with Crippen LogP contribution in [0.1, 0.15) is 24.8 Å². The van der Waals surface area contributed by atoms with E-state index in [1.165, 1.54) is 6.42 Å². The van der Waals surface area contributed by atoms with Crippen LogP contribution in [-0.4, -0.2) is 16.1 Å². The lowest BCUT2D eigenvalue weighted by molar-refractivity contribution is -0.149. The average Bonchev–Trinajstić information content (AvgIpc) is 2.87. The molecule has 2 unspecified atom stereocenters. The Morgan fingerprint density at radius 3 is 2.76 bits per heavy atom. The molecule has 1 heterocycles. The monoisotopic (exact) mass is 295 g/mol. The van der Waals surface area contributed by atoms with Crippen LogP contribution < -0.4 is 0 Å². The molecule has 4 heteroatoms. The SMILES string of the molecule is O=C(O)C1(Cc2cncc(Br)c2)CC2CC2C1. The number of hydrogen-bond acceptors (Lipinski definition) is 2. The quantitative estimate of drug-likeness (QED) is 0.933. The van der Waals surface area contributed by atoms with Crippen molar-refractivity contribution in [1.29, 1.82) is 0 Å². The minimum Gasteiger partial charge on any atom is -0.481 e. The zero-order chi connectivity index (χ0) is 12.0. The van der Waals surface area contributed by atoms with E-state index in [4.69, 9.17) is 0 Å². The molecule has 17 heavy (non-hydrogen) atoms.